The third-order valence-corrected chi connectivity index (χ3v) is 3.72. The smallest absolute Gasteiger partial charge is 0.407 e. The zero-order chi connectivity index (χ0) is 23.6. The first-order valence-electron chi connectivity index (χ1n) is 9.81. The Kier molecular flexibility index (Phi) is 9.78. The van der Waals surface area contributed by atoms with Crippen molar-refractivity contribution in [2.45, 2.75) is 52.9 Å². The molecular weight excluding hydrogens is 406 g/mol. The summed E-state index contributed by atoms with van der Waals surface area (Å²) >= 11 is 0. The molecule has 0 aliphatic carbocycles. The number of nitrogens with one attached hydrogen (secondary N) is 2. The number of esters is 1. The lowest BCUT2D eigenvalue weighted by Crippen LogP contribution is -2.51. The zero-order valence-corrected chi connectivity index (χ0v) is 18.8. The summed E-state index contributed by atoms with van der Waals surface area (Å²) in [4.78, 5) is 53.0. The van der Waals surface area contributed by atoms with Crippen LogP contribution in [0.5, 0.6) is 0 Å². The largest absolute Gasteiger partial charge is 0.458 e. The highest BCUT2D eigenvalue weighted by Crippen LogP contribution is 2.12. The van der Waals surface area contributed by atoms with Gasteiger partial charge < -0.3 is 24.9 Å². The molecule has 0 bridgehead atoms. The van der Waals surface area contributed by atoms with Crippen LogP contribution in [0.25, 0.3) is 0 Å². The first-order chi connectivity index (χ1) is 14.4. The van der Waals surface area contributed by atoms with Gasteiger partial charge in [-0.3, -0.25) is 0 Å². The Morgan fingerprint density at radius 3 is 2.23 bits per heavy atom. The Bertz CT molecular complexity index is 760. The number of amides is 3. The Morgan fingerprint density at radius 1 is 1.06 bits per heavy atom. The molecule has 10 heteroatoms. The number of benzene rings is 1. The van der Waals surface area contributed by atoms with Gasteiger partial charge in [0.1, 0.15) is 24.8 Å². The second kappa shape index (κ2) is 11.8. The third-order valence-electron chi connectivity index (χ3n) is 3.72. The molecule has 1 aromatic carbocycles. The Labute approximate surface area is 182 Å². The van der Waals surface area contributed by atoms with Crippen molar-refractivity contribution < 1.29 is 33.5 Å². The molecule has 0 radical (unpaired) electrons. The van der Waals surface area contributed by atoms with Gasteiger partial charge in [0.2, 0.25) is 0 Å². The minimum absolute atomic E-state index is 0.0469. The number of rotatable bonds is 7. The highest BCUT2D eigenvalue weighted by atomic mass is 16.7. The zero-order valence-electron chi connectivity index (χ0n) is 18.8. The van der Waals surface area contributed by atoms with Gasteiger partial charge in [0.05, 0.1) is 7.05 Å². The molecule has 0 spiro atoms. The summed E-state index contributed by atoms with van der Waals surface area (Å²) in [5.74, 6) is -1.75. The Morgan fingerprint density at radius 2 is 1.68 bits per heavy atom. The van der Waals surface area contributed by atoms with Crippen molar-refractivity contribution >= 4 is 24.1 Å². The fraction of sp³-hybridized carbons (Fsp3) is 0.524. The second-order valence-corrected chi connectivity index (χ2v) is 8.08. The van der Waals surface area contributed by atoms with Gasteiger partial charge in [-0.05, 0) is 32.3 Å². The van der Waals surface area contributed by atoms with Crippen LogP contribution in [0.1, 0.15) is 40.2 Å². The standard InChI is InChI=1S/C21H31N3O7/c1-14(2)17(18(26)30-21(3,4)5)23-19(27)24(6)31-16(25)12-22-20(28)29-13-15-10-8-7-9-11-15/h7-11,14,17H,12-13H2,1-6H3,(H,22,28)(H,23,27)/t17-/m0/s1. The van der Waals surface area contributed by atoms with Crippen molar-refractivity contribution in [2.24, 2.45) is 5.92 Å². The molecule has 0 aromatic heterocycles. The van der Waals surface area contributed by atoms with Crippen molar-refractivity contribution in [1.82, 2.24) is 15.7 Å². The van der Waals surface area contributed by atoms with Crippen LogP contribution >= 0.6 is 0 Å². The van der Waals surface area contributed by atoms with Gasteiger partial charge in [0.25, 0.3) is 0 Å². The maximum absolute atomic E-state index is 12.3. The molecule has 1 atom stereocenters. The molecule has 0 saturated carbocycles. The summed E-state index contributed by atoms with van der Waals surface area (Å²) in [7, 11) is 1.20. The van der Waals surface area contributed by atoms with E-state index in [1.54, 1.807) is 46.8 Å². The quantitative estimate of drug-likeness (QED) is 0.496. The molecule has 0 unspecified atom stereocenters. The summed E-state index contributed by atoms with van der Waals surface area (Å²) in [5.41, 5.74) is 0.0787. The van der Waals surface area contributed by atoms with Crippen LogP contribution < -0.4 is 10.6 Å². The molecule has 0 heterocycles. The van der Waals surface area contributed by atoms with Crippen LogP contribution in [-0.2, 0) is 30.5 Å². The minimum atomic E-state index is -0.932. The van der Waals surface area contributed by atoms with Crippen LogP contribution in [0.2, 0.25) is 0 Å². The van der Waals surface area contributed by atoms with E-state index in [2.05, 4.69) is 10.6 Å². The second-order valence-electron chi connectivity index (χ2n) is 8.08. The molecule has 2 N–H and O–H groups in total. The predicted molar refractivity (Wildman–Crippen MR) is 111 cm³/mol. The van der Waals surface area contributed by atoms with Gasteiger partial charge in [0.15, 0.2) is 0 Å². The normalized spacial score (nSPS) is 11.8. The summed E-state index contributed by atoms with van der Waals surface area (Å²) in [6.07, 6.45) is -0.808. The van der Waals surface area contributed by atoms with Crippen molar-refractivity contribution in [3.63, 3.8) is 0 Å². The maximum atomic E-state index is 12.3. The van der Waals surface area contributed by atoms with Crippen LogP contribution in [0.15, 0.2) is 30.3 Å². The average molecular weight is 437 g/mol. The van der Waals surface area contributed by atoms with E-state index in [0.29, 0.717) is 5.06 Å². The number of nitrogens with zero attached hydrogens (tertiary/aromatic N) is 1. The van der Waals surface area contributed by atoms with E-state index in [-0.39, 0.29) is 12.5 Å². The number of hydrogen-bond acceptors (Lipinski definition) is 7. The minimum Gasteiger partial charge on any atom is -0.458 e. The molecule has 1 aromatic rings. The topological polar surface area (TPSA) is 123 Å². The van der Waals surface area contributed by atoms with E-state index in [1.165, 1.54) is 7.05 Å². The highest BCUT2D eigenvalue weighted by Gasteiger charge is 2.30. The monoisotopic (exact) mass is 437 g/mol. The average Bonchev–Trinajstić information content (AvgIpc) is 2.67. The number of alkyl carbamates (subject to hydrolysis) is 1. The predicted octanol–water partition coefficient (Wildman–Crippen LogP) is 2.38. The van der Waals surface area contributed by atoms with Gasteiger partial charge in [-0.15, -0.1) is 0 Å². The van der Waals surface area contributed by atoms with Crippen molar-refractivity contribution in [3.8, 4) is 0 Å². The lowest BCUT2D eigenvalue weighted by molar-refractivity contribution is -0.171. The summed E-state index contributed by atoms with van der Waals surface area (Å²) < 4.78 is 10.3. The Hall–Kier alpha value is -3.30. The fourth-order valence-corrected chi connectivity index (χ4v) is 2.23. The molecule has 0 aliphatic rings. The molecule has 0 saturated heterocycles. The first-order valence-corrected chi connectivity index (χ1v) is 9.81. The molecule has 3 amide bonds. The summed E-state index contributed by atoms with van der Waals surface area (Å²) in [6, 6.07) is 7.28. The van der Waals surface area contributed by atoms with Crippen molar-refractivity contribution in [2.75, 3.05) is 13.6 Å². The molecule has 10 nitrogen and oxygen atoms in total. The van der Waals surface area contributed by atoms with E-state index < -0.39 is 42.3 Å². The van der Waals surface area contributed by atoms with Crippen molar-refractivity contribution in [1.29, 1.82) is 0 Å². The molecule has 0 fully saturated rings. The molecule has 31 heavy (non-hydrogen) atoms. The summed E-state index contributed by atoms with van der Waals surface area (Å²) in [5, 5.41) is 5.34. The van der Waals surface area contributed by atoms with Crippen LogP contribution in [0.3, 0.4) is 0 Å². The molecule has 172 valence electrons. The van der Waals surface area contributed by atoms with Crippen molar-refractivity contribution in [3.05, 3.63) is 35.9 Å². The molecule has 1 rings (SSSR count). The SMILES string of the molecule is CC(C)[C@H](NC(=O)N(C)OC(=O)CNC(=O)OCc1ccccc1)C(=O)OC(C)(C)C. The van der Waals surface area contributed by atoms with Gasteiger partial charge >= 0.3 is 24.1 Å². The van der Waals surface area contributed by atoms with Crippen LogP contribution in [0.4, 0.5) is 9.59 Å². The lowest BCUT2D eigenvalue weighted by atomic mass is 10.0. The molecule has 0 aliphatic heterocycles. The first kappa shape index (κ1) is 25.7. The van der Waals surface area contributed by atoms with E-state index in [9.17, 15) is 19.2 Å². The summed E-state index contributed by atoms with van der Waals surface area (Å²) in [6.45, 7) is 8.18. The fourth-order valence-electron chi connectivity index (χ4n) is 2.23. The lowest BCUT2D eigenvalue weighted by Gasteiger charge is -2.27. The van der Waals surface area contributed by atoms with Gasteiger partial charge in [-0.2, -0.15) is 5.06 Å². The third kappa shape index (κ3) is 10.3. The molecular formula is C21H31N3O7. The highest BCUT2D eigenvalue weighted by molar-refractivity contribution is 5.84. The van der Waals surface area contributed by atoms with E-state index >= 15 is 0 Å². The van der Waals surface area contributed by atoms with Gasteiger partial charge in [0, 0.05) is 0 Å². The van der Waals surface area contributed by atoms with Gasteiger partial charge in [-0.25, -0.2) is 19.2 Å². The number of urea groups is 1. The van der Waals surface area contributed by atoms with Gasteiger partial charge in [-0.1, -0.05) is 44.2 Å². The van der Waals surface area contributed by atoms with E-state index in [1.807, 2.05) is 18.2 Å². The number of carbonyl (C=O) groups is 4. The van der Waals surface area contributed by atoms with Crippen LogP contribution in [0, 0.1) is 5.92 Å². The van der Waals surface area contributed by atoms with Crippen LogP contribution in [-0.4, -0.2) is 54.4 Å². The number of hydrogen-bond donors (Lipinski definition) is 2. The number of hydroxylamine groups is 2. The Balaban J connectivity index is 2.45. The van der Waals surface area contributed by atoms with E-state index in [0.717, 1.165) is 5.56 Å². The number of ether oxygens (including phenoxy) is 2. The maximum Gasteiger partial charge on any atom is 0.407 e. The number of carbonyl (C=O) groups excluding carboxylic acids is 4. The van der Waals surface area contributed by atoms with E-state index in [4.69, 9.17) is 14.3 Å².